The number of amides is 2. The zero-order valence-corrected chi connectivity index (χ0v) is 7.20. The minimum atomic E-state index is -0.276. The zero-order chi connectivity index (χ0) is 8.43. The van der Waals surface area contributed by atoms with Gasteiger partial charge in [-0.15, -0.1) is 0 Å². The molecule has 1 aliphatic heterocycles. The van der Waals surface area contributed by atoms with Crippen LogP contribution < -0.4 is 5.32 Å². The molecule has 0 unspecified atom stereocenters. The van der Waals surface area contributed by atoms with Crippen molar-refractivity contribution in [2.75, 3.05) is 0 Å². The predicted octanol–water partition coefficient (Wildman–Crippen LogP) is 1.51. The molecule has 11 heavy (non-hydrogen) atoms. The topological polar surface area (TPSA) is 46.2 Å². The van der Waals surface area contributed by atoms with Crippen LogP contribution in [0.5, 0.6) is 0 Å². The third-order valence-corrected chi connectivity index (χ3v) is 1.96. The number of hydrogen-bond acceptors (Lipinski definition) is 3. The lowest BCUT2D eigenvalue weighted by atomic mass is 10.2. The Morgan fingerprint density at radius 2 is 2.09 bits per heavy atom. The fraction of sp³-hybridized carbons (Fsp3) is 0.429. The van der Waals surface area contributed by atoms with Crippen molar-refractivity contribution in [1.29, 1.82) is 0 Å². The number of carbonyl (C=O) groups excluding carboxylic acids is 2. The predicted molar refractivity (Wildman–Crippen MR) is 44.1 cm³/mol. The van der Waals surface area contributed by atoms with E-state index in [1.165, 1.54) is 0 Å². The van der Waals surface area contributed by atoms with Crippen molar-refractivity contribution in [3.63, 3.8) is 0 Å². The molecule has 0 aromatic rings. The van der Waals surface area contributed by atoms with Crippen LogP contribution in [0.4, 0.5) is 4.79 Å². The zero-order valence-electron chi connectivity index (χ0n) is 6.38. The Morgan fingerprint density at radius 1 is 1.45 bits per heavy atom. The van der Waals surface area contributed by atoms with Crippen molar-refractivity contribution >= 4 is 22.9 Å². The third kappa shape index (κ3) is 2.08. The molecule has 0 aromatic heterocycles. The van der Waals surface area contributed by atoms with E-state index in [4.69, 9.17) is 0 Å². The van der Waals surface area contributed by atoms with Crippen molar-refractivity contribution in [2.24, 2.45) is 5.92 Å². The first-order valence-corrected chi connectivity index (χ1v) is 4.16. The molecule has 1 heterocycles. The molecule has 1 aliphatic rings. The number of thioether (sulfide) groups is 1. The lowest BCUT2D eigenvalue weighted by Gasteiger charge is -1.94. The van der Waals surface area contributed by atoms with E-state index in [1.807, 2.05) is 13.8 Å². The molecule has 1 saturated heterocycles. The van der Waals surface area contributed by atoms with Crippen LogP contribution in [0.2, 0.25) is 0 Å². The lowest BCUT2D eigenvalue weighted by Crippen LogP contribution is -2.18. The Morgan fingerprint density at radius 3 is 2.45 bits per heavy atom. The van der Waals surface area contributed by atoms with E-state index >= 15 is 0 Å². The van der Waals surface area contributed by atoms with E-state index in [1.54, 1.807) is 6.08 Å². The van der Waals surface area contributed by atoms with E-state index in [2.05, 4.69) is 5.32 Å². The van der Waals surface area contributed by atoms with Crippen LogP contribution in [-0.2, 0) is 4.79 Å². The second-order valence-corrected chi connectivity index (χ2v) is 3.63. The van der Waals surface area contributed by atoms with Gasteiger partial charge < -0.3 is 0 Å². The van der Waals surface area contributed by atoms with Gasteiger partial charge in [-0.1, -0.05) is 19.9 Å². The number of allylic oxidation sites excluding steroid dienone is 1. The van der Waals surface area contributed by atoms with E-state index in [9.17, 15) is 9.59 Å². The fourth-order valence-corrected chi connectivity index (χ4v) is 1.57. The molecular formula is C7H9NO2S. The minimum Gasteiger partial charge on any atom is -0.282 e. The maximum absolute atomic E-state index is 10.9. The fourth-order valence-electron chi connectivity index (χ4n) is 0.738. The minimum absolute atomic E-state index is 0.270. The van der Waals surface area contributed by atoms with Gasteiger partial charge in [0.15, 0.2) is 0 Å². The summed E-state index contributed by atoms with van der Waals surface area (Å²) < 4.78 is 0. The van der Waals surface area contributed by atoms with Gasteiger partial charge in [0.2, 0.25) is 0 Å². The van der Waals surface area contributed by atoms with Crippen molar-refractivity contribution in [2.45, 2.75) is 13.8 Å². The average molecular weight is 171 g/mol. The molecule has 0 bridgehead atoms. The Hall–Kier alpha value is -0.770. The molecule has 0 saturated carbocycles. The van der Waals surface area contributed by atoms with Crippen molar-refractivity contribution in [3.05, 3.63) is 11.0 Å². The molecule has 0 spiro atoms. The molecule has 0 aromatic carbocycles. The summed E-state index contributed by atoms with van der Waals surface area (Å²) in [6, 6.07) is 0. The maximum atomic E-state index is 10.9. The summed E-state index contributed by atoms with van der Waals surface area (Å²) in [5, 5.41) is 1.91. The summed E-state index contributed by atoms with van der Waals surface area (Å²) in [5.41, 5.74) is 0. The highest BCUT2D eigenvalue weighted by atomic mass is 32.2. The molecule has 1 fully saturated rings. The Labute approximate surface area is 69.2 Å². The van der Waals surface area contributed by atoms with Crippen molar-refractivity contribution < 1.29 is 9.59 Å². The number of hydrogen-bond donors (Lipinski definition) is 1. The molecule has 0 atom stereocenters. The van der Waals surface area contributed by atoms with Crippen LogP contribution in [0.1, 0.15) is 13.8 Å². The van der Waals surface area contributed by atoms with E-state index in [-0.39, 0.29) is 11.1 Å². The smallest absolute Gasteiger partial charge is 0.282 e. The van der Waals surface area contributed by atoms with Gasteiger partial charge in [0.05, 0.1) is 4.91 Å². The van der Waals surface area contributed by atoms with Crippen LogP contribution in [0.3, 0.4) is 0 Å². The molecule has 3 nitrogen and oxygen atoms in total. The van der Waals surface area contributed by atoms with Crippen LogP contribution in [-0.4, -0.2) is 11.1 Å². The average Bonchev–Trinajstić information content (AvgIpc) is 2.09. The highest BCUT2D eigenvalue weighted by Gasteiger charge is 2.24. The van der Waals surface area contributed by atoms with Gasteiger partial charge in [0, 0.05) is 0 Å². The highest BCUT2D eigenvalue weighted by Crippen LogP contribution is 2.24. The van der Waals surface area contributed by atoms with Gasteiger partial charge in [-0.3, -0.25) is 14.9 Å². The van der Waals surface area contributed by atoms with Crippen molar-refractivity contribution in [3.8, 4) is 0 Å². The summed E-state index contributed by atoms with van der Waals surface area (Å²) in [7, 11) is 0. The first-order chi connectivity index (χ1) is 5.09. The number of rotatable bonds is 1. The number of carbonyl (C=O) groups is 2. The normalized spacial score (nSPS) is 21.5. The van der Waals surface area contributed by atoms with E-state index in [0.29, 0.717) is 10.8 Å². The molecule has 60 valence electrons. The molecule has 1 N–H and O–H groups in total. The Kier molecular flexibility index (Phi) is 2.34. The summed E-state index contributed by atoms with van der Waals surface area (Å²) >= 11 is 0.964. The van der Waals surface area contributed by atoms with Gasteiger partial charge in [-0.05, 0) is 17.7 Å². The molecule has 0 aliphatic carbocycles. The van der Waals surface area contributed by atoms with Gasteiger partial charge in [0.25, 0.3) is 11.1 Å². The summed E-state index contributed by atoms with van der Waals surface area (Å²) in [5.74, 6) is 0.0304. The van der Waals surface area contributed by atoms with Gasteiger partial charge in [-0.25, -0.2) is 0 Å². The van der Waals surface area contributed by atoms with Crippen LogP contribution >= 0.6 is 11.8 Å². The largest absolute Gasteiger partial charge is 0.290 e. The second kappa shape index (κ2) is 3.09. The van der Waals surface area contributed by atoms with Crippen LogP contribution in [0, 0.1) is 5.92 Å². The molecule has 4 heteroatoms. The first-order valence-electron chi connectivity index (χ1n) is 3.34. The monoisotopic (exact) mass is 171 g/mol. The third-order valence-electron chi connectivity index (χ3n) is 1.13. The standard InChI is InChI=1S/C7H9NO2S/c1-4(2)3-5-6(9)8-7(10)11-5/h3-4H,1-2H3,(H,8,9,10). The van der Waals surface area contributed by atoms with E-state index in [0.717, 1.165) is 11.8 Å². The highest BCUT2D eigenvalue weighted by molar-refractivity contribution is 8.18. The second-order valence-electron chi connectivity index (χ2n) is 2.62. The number of imide groups is 1. The summed E-state index contributed by atoms with van der Waals surface area (Å²) in [6.07, 6.45) is 1.78. The Bertz CT molecular complexity index is 233. The SMILES string of the molecule is CC(C)C=C1SC(=O)NC1=O. The molecule has 0 radical (unpaired) electrons. The van der Waals surface area contributed by atoms with Gasteiger partial charge in [-0.2, -0.15) is 0 Å². The lowest BCUT2D eigenvalue weighted by molar-refractivity contribution is -0.115. The summed E-state index contributed by atoms with van der Waals surface area (Å²) in [6.45, 7) is 3.92. The Balaban J connectivity index is 2.75. The maximum Gasteiger partial charge on any atom is 0.290 e. The van der Waals surface area contributed by atoms with Crippen LogP contribution in [0.15, 0.2) is 11.0 Å². The quantitative estimate of drug-likeness (QED) is 0.608. The van der Waals surface area contributed by atoms with Gasteiger partial charge >= 0.3 is 0 Å². The van der Waals surface area contributed by atoms with Crippen LogP contribution in [0.25, 0.3) is 0 Å². The van der Waals surface area contributed by atoms with Gasteiger partial charge in [0.1, 0.15) is 0 Å². The molecular weight excluding hydrogens is 162 g/mol. The molecule has 1 rings (SSSR count). The van der Waals surface area contributed by atoms with Crippen molar-refractivity contribution in [1.82, 2.24) is 5.32 Å². The first kappa shape index (κ1) is 8.33. The summed E-state index contributed by atoms with van der Waals surface area (Å²) in [4.78, 5) is 22.1. The van der Waals surface area contributed by atoms with E-state index < -0.39 is 0 Å². The number of nitrogens with one attached hydrogen (secondary N) is 1. The molecule has 2 amide bonds.